The minimum absolute atomic E-state index is 0.0971. The molecule has 1 N–H and O–H groups in total. The number of nitriles is 1. The van der Waals surface area contributed by atoms with Crippen molar-refractivity contribution in [2.45, 2.75) is 25.5 Å². The number of anilines is 1. The highest BCUT2D eigenvalue weighted by atomic mass is 16.5. The van der Waals surface area contributed by atoms with Crippen molar-refractivity contribution in [3.63, 3.8) is 0 Å². The third-order valence-corrected chi connectivity index (χ3v) is 4.99. The lowest BCUT2D eigenvalue weighted by molar-refractivity contribution is -0.129. The van der Waals surface area contributed by atoms with Crippen LogP contribution in [0.4, 0.5) is 5.69 Å². The van der Waals surface area contributed by atoms with Crippen LogP contribution in [0.1, 0.15) is 18.4 Å². The fourth-order valence-corrected chi connectivity index (χ4v) is 3.22. The van der Waals surface area contributed by atoms with E-state index in [2.05, 4.69) is 11.4 Å². The summed E-state index contributed by atoms with van der Waals surface area (Å²) >= 11 is 0. The average molecular weight is 361 g/mol. The van der Waals surface area contributed by atoms with Crippen LogP contribution >= 0.6 is 0 Å². The number of fused-ring (bicyclic) bond motifs is 1. The predicted octanol–water partition coefficient (Wildman–Crippen LogP) is 2.40. The summed E-state index contributed by atoms with van der Waals surface area (Å²) in [5, 5.41) is 12.2. The van der Waals surface area contributed by atoms with E-state index in [1.807, 2.05) is 36.4 Å². The van der Waals surface area contributed by atoms with E-state index in [0.29, 0.717) is 30.8 Å². The lowest BCUT2D eigenvalue weighted by Crippen LogP contribution is -2.52. The molecule has 0 saturated heterocycles. The second-order valence-electron chi connectivity index (χ2n) is 6.89. The molecule has 1 heterocycles. The average Bonchev–Trinajstić information content (AvgIpc) is 3.53. The Kier molecular flexibility index (Phi) is 4.28. The van der Waals surface area contributed by atoms with Gasteiger partial charge in [-0.05, 0) is 30.5 Å². The number of benzene rings is 2. The molecule has 4 rings (SSSR count). The zero-order chi connectivity index (χ0) is 18.9. The monoisotopic (exact) mass is 361 g/mol. The van der Waals surface area contributed by atoms with Gasteiger partial charge in [-0.1, -0.05) is 42.5 Å². The molecule has 1 saturated carbocycles. The molecule has 0 aromatic heterocycles. The summed E-state index contributed by atoms with van der Waals surface area (Å²) < 4.78 is 5.84. The Morgan fingerprint density at radius 3 is 2.56 bits per heavy atom. The molecule has 1 aliphatic carbocycles. The first kappa shape index (κ1) is 17.1. The van der Waals surface area contributed by atoms with Crippen molar-refractivity contribution in [1.82, 2.24) is 5.32 Å². The maximum absolute atomic E-state index is 12.9. The molecule has 2 aromatic carbocycles. The second kappa shape index (κ2) is 6.76. The number of carbonyl (C=O) groups excluding carboxylic acids is 2. The summed E-state index contributed by atoms with van der Waals surface area (Å²) in [7, 11) is 0. The molecule has 27 heavy (non-hydrogen) atoms. The van der Waals surface area contributed by atoms with Gasteiger partial charge in [0.15, 0.2) is 6.10 Å². The van der Waals surface area contributed by atoms with Crippen molar-refractivity contribution in [3.8, 4) is 11.8 Å². The minimum atomic E-state index is -0.949. The highest BCUT2D eigenvalue weighted by molar-refractivity contribution is 6.03. The van der Waals surface area contributed by atoms with Gasteiger partial charge in [-0.2, -0.15) is 5.26 Å². The summed E-state index contributed by atoms with van der Waals surface area (Å²) in [5.41, 5.74) is 0.641. The SMILES string of the molecule is N#CC1(C(=O)N2CC(C(=O)NCc3ccccc3)Oc3ccccc32)CC1. The van der Waals surface area contributed by atoms with Gasteiger partial charge in [0, 0.05) is 6.54 Å². The molecular formula is C21H19N3O3. The highest BCUT2D eigenvalue weighted by Gasteiger charge is 2.54. The van der Waals surface area contributed by atoms with Crippen molar-refractivity contribution in [2.75, 3.05) is 11.4 Å². The van der Waals surface area contributed by atoms with Gasteiger partial charge in [-0.15, -0.1) is 0 Å². The Balaban J connectivity index is 1.53. The smallest absolute Gasteiger partial charge is 0.263 e. The summed E-state index contributed by atoms with van der Waals surface area (Å²) in [5.74, 6) is -0.0553. The number of hydrogen-bond acceptors (Lipinski definition) is 4. The Labute approximate surface area is 157 Å². The fourth-order valence-electron chi connectivity index (χ4n) is 3.22. The van der Waals surface area contributed by atoms with E-state index in [-0.39, 0.29) is 18.4 Å². The third-order valence-electron chi connectivity index (χ3n) is 4.99. The molecule has 0 bridgehead atoms. The number of rotatable bonds is 4. The molecule has 1 unspecified atom stereocenters. The number of ether oxygens (including phenoxy) is 1. The predicted molar refractivity (Wildman–Crippen MR) is 98.8 cm³/mol. The Bertz CT molecular complexity index is 916. The fraction of sp³-hybridized carbons (Fsp3) is 0.286. The van der Waals surface area contributed by atoms with Crippen molar-refractivity contribution < 1.29 is 14.3 Å². The zero-order valence-corrected chi connectivity index (χ0v) is 14.7. The van der Waals surface area contributed by atoms with E-state index in [1.165, 1.54) is 4.90 Å². The number of para-hydroxylation sites is 2. The van der Waals surface area contributed by atoms with Crippen molar-refractivity contribution in [1.29, 1.82) is 5.26 Å². The van der Waals surface area contributed by atoms with Crippen molar-refractivity contribution >= 4 is 17.5 Å². The van der Waals surface area contributed by atoms with Gasteiger partial charge in [0.05, 0.1) is 18.3 Å². The van der Waals surface area contributed by atoms with Gasteiger partial charge in [0.1, 0.15) is 11.2 Å². The molecule has 6 nitrogen and oxygen atoms in total. The first-order chi connectivity index (χ1) is 13.1. The summed E-state index contributed by atoms with van der Waals surface area (Å²) in [6.07, 6.45) is 0.307. The number of amides is 2. The molecule has 1 atom stereocenters. The molecule has 6 heteroatoms. The van der Waals surface area contributed by atoms with Gasteiger partial charge >= 0.3 is 0 Å². The van der Waals surface area contributed by atoms with Gasteiger partial charge < -0.3 is 15.0 Å². The van der Waals surface area contributed by atoms with E-state index in [0.717, 1.165) is 5.56 Å². The highest BCUT2D eigenvalue weighted by Crippen LogP contribution is 2.48. The molecule has 0 spiro atoms. The molecule has 2 aromatic rings. The van der Waals surface area contributed by atoms with Crippen LogP contribution in [0, 0.1) is 16.7 Å². The van der Waals surface area contributed by atoms with E-state index in [1.54, 1.807) is 18.2 Å². The van der Waals surface area contributed by atoms with Gasteiger partial charge in [-0.3, -0.25) is 9.59 Å². The van der Waals surface area contributed by atoms with Crippen LogP contribution in [0.15, 0.2) is 54.6 Å². The molecular weight excluding hydrogens is 342 g/mol. The van der Waals surface area contributed by atoms with Crippen molar-refractivity contribution in [3.05, 3.63) is 60.2 Å². The Hall–Kier alpha value is -3.33. The van der Waals surface area contributed by atoms with Crippen LogP contribution in [-0.4, -0.2) is 24.5 Å². The van der Waals surface area contributed by atoms with Crippen molar-refractivity contribution in [2.24, 2.45) is 5.41 Å². The Morgan fingerprint density at radius 2 is 1.85 bits per heavy atom. The largest absolute Gasteiger partial charge is 0.477 e. The van der Waals surface area contributed by atoms with E-state index in [4.69, 9.17) is 4.74 Å². The van der Waals surface area contributed by atoms with E-state index >= 15 is 0 Å². The molecule has 1 aliphatic heterocycles. The first-order valence-electron chi connectivity index (χ1n) is 8.93. The minimum Gasteiger partial charge on any atom is -0.477 e. The quantitative estimate of drug-likeness (QED) is 0.906. The van der Waals surface area contributed by atoms with E-state index in [9.17, 15) is 14.9 Å². The standard InChI is InChI=1S/C21H19N3O3/c22-14-21(10-11-21)20(26)24-13-18(27-17-9-5-4-8-16(17)24)19(25)23-12-15-6-2-1-3-7-15/h1-9,18H,10-13H2,(H,23,25). The molecule has 2 amide bonds. The molecule has 1 fully saturated rings. The summed E-state index contributed by atoms with van der Waals surface area (Å²) in [4.78, 5) is 27.1. The second-order valence-corrected chi connectivity index (χ2v) is 6.89. The lowest BCUT2D eigenvalue weighted by atomic mass is 10.0. The van der Waals surface area contributed by atoms with Gasteiger partial charge in [0.2, 0.25) is 5.91 Å². The van der Waals surface area contributed by atoms with E-state index < -0.39 is 11.5 Å². The van der Waals surface area contributed by atoms with Gasteiger partial charge in [-0.25, -0.2) is 0 Å². The normalized spacial score (nSPS) is 19.2. The topological polar surface area (TPSA) is 82.4 Å². The molecule has 2 aliphatic rings. The number of nitrogens with one attached hydrogen (secondary N) is 1. The maximum atomic E-state index is 12.9. The van der Waals surface area contributed by atoms with Crippen LogP contribution in [0.25, 0.3) is 0 Å². The summed E-state index contributed by atoms with van der Waals surface area (Å²) in [6, 6.07) is 18.8. The van der Waals surface area contributed by atoms with Crippen LogP contribution in [-0.2, 0) is 16.1 Å². The van der Waals surface area contributed by atoms with Crippen LogP contribution in [0.5, 0.6) is 5.75 Å². The van der Waals surface area contributed by atoms with Crippen LogP contribution in [0.3, 0.4) is 0 Å². The first-order valence-corrected chi connectivity index (χ1v) is 8.93. The van der Waals surface area contributed by atoms with Crippen LogP contribution < -0.4 is 15.0 Å². The van der Waals surface area contributed by atoms with Gasteiger partial charge in [0.25, 0.3) is 5.91 Å². The third kappa shape index (κ3) is 3.24. The summed E-state index contributed by atoms with van der Waals surface area (Å²) in [6.45, 7) is 0.483. The number of nitrogens with zero attached hydrogens (tertiary/aromatic N) is 2. The number of carbonyl (C=O) groups is 2. The Morgan fingerprint density at radius 1 is 1.15 bits per heavy atom. The zero-order valence-electron chi connectivity index (χ0n) is 14.7. The van der Waals surface area contributed by atoms with Crippen LogP contribution in [0.2, 0.25) is 0 Å². The lowest BCUT2D eigenvalue weighted by Gasteiger charge is -2.35. The maximum Gasteiger partial charge on any atom is 0.263 e. The molecule has 136 valence electrons. The molecule has 0 radical (unpaired) electrons. The number of hydrogen-bond donors (Lipinski definition) is 1.